The molecule has 34 heavy (non-hydrogen) atoms. The molecule has 0 saturated carbocycles. The number of rotatable bonds is 5. The van der Waals surface area contributed by atoms with E-state index in [0.717, 1.165) is 47.0 Å². The third-order valence-electron chi connectivity index (χ3n) is 6.23. The van der Waals surface area contributed by atoms with Gasteiger partial charge in [0, 0.05) is 35.9 Å². The lowest BCUT2D eigenvalue weighted by molar-refractivity contribution is -0.135. The minimum atomic E-state index is 0.0133. The van der Waals surface area contributed by atoms with Crippen molar-refractivity contribution in [3.63, 3.8) is 0 Å². The predicted octanol–water partition coefficient (Wildman–Crippen LogP) is 6.68. The Bertz CT molecular complexity index is 1330. The van der Waals surface area contributed by atoms with Gasteiger partial charge in [-0.25, -0.2) is 4.98 Å². The fraction of sp³-hybridized carbons (Fsp3) is 0.214. The van der Waals surface area contributed by atoms with E-state index < -0.39 is 0 Å². The summed E-state index contributed by atoms with van der Waals surface area (Å²) in [4.78, 5) is 22.4. The molecule has 1 aromatic heterocycles. The first-order valence-corrected chi connectivity index (χ1v) is 11.9. The van der Waals surface area contributed by atoms with Crippen molar-refractivity contribution in [3.8, 4) is 22.6 Å². The number of nitrogens with zero attached hydrogens (tertiary/aromatic N) is 2. The van der Waals surface area contributed by atoms with Crippen LogP contribution in [0.15, 0.2) is 72.9 Å². The maximum absolute atomic E-state index is 12.5. The fourth-order valence-corrected chi connectivity index (χ4v) is 4.65. The van der Waals surface area contributed by atoms with Crippen molar-refractivity contribution < 1.29 is 4.79 Å². The van der Waals surface area contributed by atoms with Gasteiger partial charge in [0.1, 0.15) is 5.82 Å². The number of carbonyl (C=O) groups excluding carboxylic acids is 1. The number of hydrogen-bond donors (Lipinski definition) is 2. The summed E-state index contributed by atoms with van der Waals surface area (Å²) in [6, 6.07) is 22.2. The summed E-state index contributed by atoms with van der Waals surface area (Å²) < 4.78 is 0. The number of hydrogen-bond acceptors (Lipinski definition) is 3. The van der Waals surface area contributed by atoms with Gasteiger partial charge in [0.25, 0.3) is 0 Å². The first-order chi connectivity index (χ1) is 16.5. The zero-order valence-corrected chi connectivity index (χ0v) is 20.1. The van der Waals surface area contributed by atoms with Gasteiger partial charge in [-0.05, 0) is 47.4 Å². The molecule has 1 amide bonds. The third-order valence-corrected chi connectivity index (χ3v) is 6.56. The molecule has 0 saturated heterocycles. The molecule has 4 aromatic rings. The maximum atomic E-state index is 12.5. The summed E-state index contributed by atoms with van der Waals surface area (Å²) in [5.74, 6) is 0.949. The van der Waals surface area contributed by atoms with Gasteiger partial charge in [0.15, 0.2) is 0 Å². The van der Waals surface area contributed by atoms with Gasteiger partial charge < -0.3 is 15.2 Å². The van der Waals surface area contributed by atoms with Crippen LogP contribution in [0.5, 0.6) is 0 Å². The molecule has 2 heterocycles. The number of aromatic nitrogens is 2. The molecular weight excluding hydrogens is 444 g/mol. The second-order valence-electron chi connectivity index (χ2n) is 8.94. The number of fused-ring (bicyclic) bond motifs is 1. The Morgan fingerprint density at radius 2 is 1.91 bits per heavy atom. The van der Waals surface area contributed by atoms with Crippen LogP contribution in [0.25, 0.3) is 22.6 Å². The Morgan fingerprint density at radius 1 is 1.09 bits per heavy atom. The molecule has 1 aliphatic rings. The first kappa shape index (κ1) is 22.2. The Balaban J connectivity index is 1.40. The SMILES string of the molecule is CC(C)C(=O)N1CCc2c(cccc2Nc2ccc(Cl)c(-c3ncc(-c4ccccc4)[nH]3)c2)C1. The number of amides is 1. The van der Waals surface area contributed by atoms with E-state index in [0.29, 0.717) is 11.6 Å². The zero-order chi connectivity index (χ0) is 23.7. The number of H-pyrrole nitrogens is 1. The summed E-state index contributed by atoms with van der Waals surface area (Å²) in [6.45, 7) is 5.30. The normalized spacial score (nSPS) is 13.1. The van der Waals surface area contributed by atoms with Gasteiger partial charge in [-0.15, -0.1) is 0 Å². The second kappa shape index (κ2) is 9.35. The van der Waals surface area contributed by atoms with Crippen molar-refractivity contribution in [1.29, 1.82) is 0 Å². The number of nitrogens with one attached hydrogen (secondary N) is 2. The number of anilines is 2. The molecule has 6 heteroatoms. The molecule has 5 nitrogen and oxygen atoms in total. The molecule has 0 aliphatic carbocycles. The second-order valence-corrected chi connectivity index (χ2v) is 9.35. The van der Waals surface area contributed by atoms with Gasteiger partial charge in [0.05, 0.1) is 16.9 Å². The van der Waals surface area contributed by atoms with Crippen molar-refractivity contribution in [2.24, 2.45) is 5.92 Å². The van der Waals surface area contributed by atoms with Crippen molar-refractivity contribution in [3.05, 3.63) is 89.1 Å². The lowest BCUT2D eigenvalue weighted by Crippen LogP contribution is -2.38. The smallest absolute Gasteiger partial charge is 0.225 e. The van der Waals surface area contributed by atoms with E-state index in [1.54, 1.807) is 0 Å². The molecule has 0 unspecified atom stereocenters. The highest BCUT2D eigenvalue weighted by atomic mass is 35.5. The summed E-state index contributed by atoms with van der Waals surface area (Å²) in [7, 11) is 0. The molecule has 3 aromatic carbocycles. The van der Waals surface area contributed by atoms with E-state index in [1.807, 2.05) is 79.5 Å². The Kier molecular flexibility index (Phi) is 6.12. The van der Waals surface area contributed by atoms with Gasteiger partial charge in [-0.2, -0.15) is 0 Å². The molecule has 0 fully saturated rings. The Hall–Kier alpha value is -3.57. The third kappa shape index (κ3) is 4.44. The van der Waals surface area contributed by atoms with E-state index in [1.165, 1.54) is 11.1 Å². The molecule has 2 N–H and O–H groups in total. The topological polar surface area (TPSA) is 61.0 Å². The van der Waals surface area contributed by atoms with Crippen molar-refractivity contribution >= 4 is 28.9 Å². The summed E-state index contributed by atoms with van der Waals surface area (Å²) in [5.41, 5.74) is 7.31. The monoisotopic (exact) mass is 470 g/mol. The number of imidazole rings is 1. The Labute approximate surface area is 204 Å². The van der Waals surface area contributed by atoms with E-state index in [4.69, 9.17) is 11.6 Å². The predicted molar refractivity (Wildman–Crippen MR) is 138 cm³/mol. The van der Waals surface area contributed by atoms with E-state index in [2.05, 4.69) is 27.4 Å². The van der Waals surface area contributed by atoms with Crippen LogP contribution in [0.3, 0.4) is 0 Å². The Morgan fingerprint density at radius 3 is 2.71 bits per heavy atom. The average molecular weight is 471 g/mol. The van der Waals surface area contributed by atoms with Crippen molar-refractivity contribution in [2.45, 2.75) is 26.8 Å². The average Bonchev–Trinajstić information content (AvgIpc) is 3.35. The number of benzene rings is 3. The number of halogens is 1. The molecule has 0 radical (unpaired) electrons. The molecule has 0 atom stereocenters. The lowest BCUT2D eigenvalue weighted by Gasteiger charge is -2.31. The summed E-state index contributed by atoms with van der Waals surface area (Å²) in [5, 5.41) is 4.21. The van der Waals surface area contributed by atoms with Crippen LogP contribution >= 0.6 is 11.6 Å². The van der Waals surface area contributed by atoms with Crippen LogP contribution in [0.2, 0.25) is 5.02 Å². The van der Waals surface area contributed by atoms with Crippen LogP contribution < -0.4 is 5.32 Å². The van der Waals surface area contributed by atoms with Crippen molar-refractivity contribution in [1.82, 2.24) is 14.9 Å². The maximum Gasteiger partial charge on any atom is 0.225 e. The van der Waals surface area contributed by atoms with Crippen LogP contribution in [-0.4, -0.2) is 27.3 Å². The minimum Gasteiger partial charge on any atom is -0.355 e. The molecular formula is C28H27ClN4O. The van der Waals surface area contributed by atoms with Gasteiger partial charge in [-0.3, -0.25) is 4.79 Å². The van der Waals surface area contributed by atoms with Gasteiger partial charge in [-0.1, -0.05) is 67.9 Å². The van der Waals surface area contributed by atoms with Crippen LogP contribution in [0.1, 0.15) is 25.0 Å². The number of aromatic amines is 1. The minimum absolute atomic E-state index is 0.0133. The fourth-order valence-electron chi connectivity index (χ4n) is 4.44. The standard InChI is InChI=1S/C28H27ClN4O/c1-18(2)28(34)33-14-13-22-20(17-33)9-6-10-25(22)31-21-11-12-24(29)23(15-21)27-30-16-26(32-27)19-7-4-3-5-8-19/h3-12,15-16,18,31H,13-14,17H2,1-2H3,(H,30,32). The van der Waals surface area contributed by atoms with E-state index in [9.17, 15) is 4.79 Å². The van der Waals surface area contributed by atoms with E-state index >= 15 is 0 Å². The zero-order valence-electron chi connectivity index (χ0n) is 19.3. The van der Waals surface area contributed by atoms with Crippen LogP contribution in [-0.2, 0) is 17.8 Å². The summed E-state index contributed by atoms with van der Waals surface area (Å²) in [6.07, 6.45) is 2.66. The highest BCUT2D eigenvalue weighted by Crippen LogP contribution is 2.34. The molecule has 172 valence electrons. The van der Waals surface area contributed by atoms with Crippen molar-refractivity contribution in [2.75, 3.05) is 11.9 Å². The molecule has 5 rings (SSSR count). The van der Waals surface area contributed by atoms with Gasteiger partial charge >= 0.3 is 0 Å². The van der Waals surface area contributed by atoms with E-state index in [-0.39, 0.29) is 11.8 Å². The number of carbonyl (C=O) groups is 1. The molecule has 1 aliphatic heterocycles. The first-order valence-electron chi connectivity index (χ1n) is 11.6. The van der Waals surface area contributed by atoms with Crippen LogP contribution in [0.4, 0.5) is 11.4 Å². The molecule has 0 bridgehead atoms. The van der Waals surface area contributed by atoms with Crippen LogP contribution in [0, 0.1) is 5.92 Å². The largest absolute Gasteiger partial charge is 0.355 e. The summed E-state index contributed by atoms with van der Waals surface area (Å²) >= 11 is 6.55. The quantitative estimate of drug-likeness (QED) is 0.342. The molecule has 0 spiro atoms. The highest BCUT2D eigenvalue weighted by Gasteiger charge is 2.24. The van der Waals surface area contributed by atoms with Gasteiger partial charge in [0.2, 0.25) is 5.91 Å². The lowest BCUT2D eigenvalue weighted by atomic mass is 9.96. The highest BCUT2D eigenvalue weighted by molar-refractivity contribution is 6.33.